The van der Waals surface area contributed by atoms with Crippen molar-refractivity contribution in [3.8, 4) is 0 Å². The Kier molecular flexibility index (Phi) is 5.19. The fourth-order valence-electron chi connectivity index (χ4n) is 2.63. The molecule has 1 nitrogen and oxygen atoms in total. The van der Waals surface area contributed by atoms with E-state index in [-0.39, 0.29) is 6.04 Å². The number of nitrogens with one attached hydrogen (secondary N) is 1. The molecule has 0 radical (unpaired) electrons. The van der Waals surface area contributed by atoms with Gasteiger partial charge in [-0.25, -0.2) is 0 Å². The first-order chi connectivity index (χ1) is 9.47. The van der Waals surface area contributed by atoms with Crippen LogP contribution in [0.2, 0.25) is 5.02 Å². The van der Waals surface area contributed by atoms with Crippen LogP contribution in [0.15, 0.2) is 18.2 Å². The maximum atomic E-state index is 12.7. The minimum absolute atomic E-state index is 0.219. The molecule has 0 saturated heterocycles. The largest absolute Gasteiger partial charge is 0.416 e. The molecule has 0 amide bonds. The van der Waals surface area contributed by atoms with Gasteiger partial charge in [0.1, 0.15) is 0 Å². The van der Waals surface area contributed by atoms with Gasteiger partial charge in [0.2, 0.25) is 0 Å². The topological polar surface area (TPSA) is 12.0 Å². The lowest BCUT2D eigenvalue weighted by atomic mass is 9.96. The lowest BCUT2D eigenvalue weighted by Crippen LogP contribution is -2.21. The third-order valence-corrected chi connectivity index (χ3v) is 4.09. The summed E-state index contributed by atoms with van der Waals surface area (Å²) in [4.78, 5) is 0. The van der Waals surface area contributed by atoms with Gasteiger partial charge < -0.3 is 5.32 Å². The number of hydrogen-bond donors (Lipinski definition) is 1. The zero-order valence-electron chi connectivity index (χ0n) is 11.3. The van der Waals surface area contributed by atoms with Crippen LogP contribution in [0, 0.1) is 0 Å². The Hall–Kier alpha value is -0.900. The molecule has 0 aromatic heterocycles. The Morgan fingerprint density at radius 3 is 2.20 bits per heavy atom. The van der Waals surface area contributed by atoms with Crippen LogP contribution >= 0.6 is 11.6 Å². The zero-order chi connectivity index (χ0) is 14.6. The normalized spacial score (nSPS) is 18.4. The van der Waals surface area contributed by atoms with Crippen LogP contribution in [0.25, 0.3) is 0 Å². The average Bonchev–Trinajstić information content (AvgIpc) is 2.33. The molecule has 0 spiro atoms. The number of anilines is 1. The summed E-state index contributed by atoms with van der Waals surface area (Å²) in [7, 11) is 0. The minimum Gasteiger partial charge on any atom is -0.381 e. The predicted octanol–water partition coefficient (Wildman–Crippen LogP) is 5.88. The number of halogens is 4. The standard InChI is InChI=1S/C15H19ClF3N/c16-13-9-8-11(15(17,18)19)10-14(13)20-12-6-4-2-1-3-5-7-12/h8-10,12,20H,1-7H2. The van der Waals surface area contributed by atoms with E-state index >= 15 is 0 Å². The molecular weight excluding hydrogens is 287 g/mol. The summed E-state index contributed by atoms with van der Waals surface area (Å²) in [5.74, 6) is 0. The first kappa shape index (κ1) is 15.5. The molecule has 0 unspecified atom stereocenters. The Morgan fingerprint density at radius 1 is 1.00 bits per heavy atom. The third-order valence-electron chi connectivity index (χ3n) is 3.76. The molecule has 1 N–H and O–H groups in total. The molecule has 20 heavy (non-hydrogen) atoms. The van der Waals surface area contributed by atoms with Gasteiger partial charge in [0, 0.05) is 6.04 Å². The molecule has 5 heteroatoms. The highest BCUT2D eigenvalue weighted by molar-refractivity contribution is 6.33. The van der Waals surface area contributed by atoms with Gasteiger partial charge in [-0.15, -0.1) is 0 Å². The lowest BCUT2D eigenvalue weighted by molar-refractivity contribution is -0.137. The summed E-state index contributed by atoms with van der Waals surface area (Å²) in [5, 5.41) is 3.54. The SMILES string of the molecule is FC(F)(F)c1ccc(Cl)c(NC2CCCCCCC2)c1. The van der Waals surface area contributed by atoms with E-state index in [1.807, 2.05) is 0 Å². The van der Waals surface area contributed by atoms with Gasteiger partial charge in [-0.3, -0.25) is 0 Å². The average molecular weight is 306 g/mol. The smallest absolute Gasteiger partial charge is 0.381 e. The molecule has 112 valence electrons. The second kappa shape index (κ2) is 6.70. The number of rotatable bonds is 2. The summed E-state index contributed by atoms with van der Waals surface area (Å²) < 4.78 is 38.2. The fraction of sp³-hybridized carbons (Fsp3) is 0.600. The van der Waals surface area contributed by atoms with Gasteiger partial charge in [-0.2, -0.15) is 13.2 Å². The number of benzene rings is 1. The summed E-state index contributed by atoms with van der Waals surface area (Å²) in [6.45, 7) is 0. The minimum atomic E-state index is -4.33. The van der Waals surface area contributed by atoms with Crippen LogP contribution in [0.4, 0.5) is 18.9 Å². The second-order valence-corrected chi connectivity index (χ2v) is 5.79. The Morgan fingerprint density at radius 2 is 1.60 bits per heavy atom. The Bertz CT molecular complexity index is 437. The molecule has 2 rings (SSSR count). The van der Waals surface area contributed by atoms with E-state index in [0.717, 1.165) is 37.8 Å². The van der Waals surface area contributed by atoms with Crippen LogP contribution in [0.5, 0.6) is 0 Å². The van der Waals surface area contributed by atoms with Gasteiger partial charge in [0.05, 0.1) is 16.3 Å². The first-order valence-corrected chi connectivity index (χ1v) is 7.48. The van der Waals surface area contributed by atoms with E-state index in [9.17, 15) is 13.2 Å². The molecule has 0 bridgehead atoms. The summed E-state index contributed by atoms with van der Waals surface area (Å²) in [6.07, 6.45) is 3.56. The molecule has 1 fully saturated rings. The van der Waals surface area contributed by atoms with Crippen molar-refractivity contribution in [1.82, 2.24) is 0 Å². The van der Waals surface area contributed by atoms with Gasteiger partial charge in [0.15, 0.2) is 0 Å². The van der Waals surface area contributed by atoms with E-state index in [2.05, 4.69) is 5.32 Å². The van der Waals surface area contributed by atoms with Crippen molar-refractivity contribution in [2.24, 2.45) is 0 Å². The highest BCUT2D eigenvalue weighted by Gasteiger charge is 2.31. The van der Waals surface area contributed by atoms with Crippen molar-refractivity contribution in [2.45, 2.75) is 57.2 Å². The van der Waals surface area contributed by atoms with Gasteiger partial charge in [-0.1, -0.05) is 43.7 Å². The van der Waals surface area contributed by atoms with E-state index in [0.29, 0.717) is 10.7 Å². The molecule has 1 aromatic carbocycles. The quantitative estimate of drug-likeness (QED) is 0.719. The Labute approximate surface area is 122 Å². The van der Waals surface area contributed by atoms with Crippen LogP contribution < -0.4 is 5.32 Å². The van der Waals surface area contributed by atoms with Crippen molar-refractivity contribution in [3.63, 3.8) is 0 Å². The van der Waals surface area contributed by atoms with Crippen molar-refractivity contribution in [2.75, 3.05) is 5.32 Å². The molecule has 1 aliphatic carbocycles. The molecule has 1 aliphatic rings. The van der Waals surface area contributed by atoms with Crippen LogP contribution in [-0.2, 0) is 6.18 Å². The molecule has 0 atom stereocenters. The van der Waals surface area contributed by atoms with Gasteiger partial charge >= 0.3 is 6.18 Å². The fourth-order valence-corrected chi connectivity index (χ4v) is 2.80. The van der Waals surface area contributed by atoms with E-state index in [1.54, 1.807) is 0 Å². The second-order valence-electron chi connectivity index (χ2n) is 5.38. The lowest BCUT2D eigenvalue weighted by Gasteiger charge is -2.23. The maximum absolute atomic E-state index is 12.7. The van der Waals surface area contributed by atoms with Crippen LogP contribution in [0.3, 0.4) is 0 Å². The first-order valence-electron chi connectivity index (χ1n) is 7.10. The van der Waals surface area contributed by atoms with Crippen molar-refractivity contribution in [1.29, 1.82) is 0 Å². The number of hydrogen-bond acceptors (Lipinski definition) is 1. The third kappa shape index (κ3) is 4.30. The molecule has 0 aliphatic heterocycles. The van der Waals surface area contributed by atoms with Crippen LogP contribution in [-0.4, -0.2) is 6.04 Å². The van der Waals surface area contributed by atoms with Gasteiger partial charge in [0.25, 0.3) is 0 Å². The van der Waals surface area contributed by atoms with E-state index in [1.165, 1.54) is 25.3 Å². The van der Waals surface area contributed by atoms with Crippen molar-refractivity contribution >= 4 is 17.3 Å². The van der Waals surface area contributed by atoms with E-state index < -0.39 is 11.7 Å². The van der Waals surface area contributed by atoms with Crippen molar-refractivity contribution < 1.29 is 13.2 Å². The molecule has 1 saturated carbocycles. The summed E-state index contributed by atoms with van der Waals surface area (Å²) in [6, 6.07) is 3.67. The Balaban J connectivity index is 2.10. The number of alkyl halides is 3. The van der Waals surface area contributed by atoms with Crippen LogP contribution in [0.1, 0.15) is 50.5 Å². The highest BCUT2D eigenvalue weighted by atomic mass is 35.5. The molecule has 0 heterocycles. The zero-order valence-corrected chi connectivity index (χ0v) is 12.0. The monoisotopic (exact) mass is 305 g/mol. The maximum Gasteiger partial charge on any atom is 0.416 e. The summed E-state index contributed by atoms with van der Waals surface area (Å²) in [5.41, 5.74) is -0.262. The van der Waals surface area contributed by atoms with Crippen molar-refractivity contribution in [3.05, 3.63) is 28.8 Å². The predicted molar refractivity (Wildman–Crippen MR) is 76.2 cm³/mol. The summed E-state index contributed by atoms with van der Waals surface area (Å²) >= 11 is 6.01. The molecular formula is C15H19ClF3N. The molecule has 1 aromatic rings. The van der Waals surface area contributed by atoms with Gasteiger partial charge in [-0.05, 0) is 31.0 Å². The van der Waals surface area contributed by atoms with E-state index in [4.69, 9.17) is 11.6 Å². The highest BCUT2D eigenvalue weighted by Crippen LogP contribution is 2.34.